The summed E-state index contributed by atoms with van der Waals surface area (Å²) in [6, 6.07) is 7.88. The zero-order valence-electron chi connectivity index (χ0n) is 10.1. The first kappa shape index (κ1) is 11.6. The van der Waals surface area contributed by atoms with E-state index < -0.39 is 0 Å². The van der Waals surface area contributed by atoms with Crippen LogP contribution in [0.15, 0.2) is 24.3 Å². The molecule has 0 aromatic heterocycles. The second-order valence-corrected chi connectivity index (χ2v) is 4.50. The van der Waals surface area contributed by atoms with Crippen molar-refractivity contribution in [3.05, 3.63) is 35.4 Å². The second kappa shape index (κ2) is 4.57. The Labute approximate surface area is 101 Å². The van der Waals surface area contributed by atoms with E-state index >= 15 is 0 Å². The molecule has 4 nitrogen and oxygen atoms in total. The van der Waals surface area contributed by atoms with E-state index in [1.807, 2.05) is 25.1 Å². The van der Waals surface area contributed by atoms with Crippen molar-refractivity contribution >= 4 is 11.8 Å². The standard InChI is InChI=1S/C13H16N2O2/c1-9-4-3-5-11(6-9)12-8-15(7-10(2)16)13(17)14-12/h3-6,12H,7-8H2,1-2H3,(H,14,17). The van der Waals surface area contributed by atoms with Gasteiger partial charge in [-0.1, -0.05) is 29.8 Å². The molecule has 1 heterocycles. The molecule has 0 spiro atoms. The number of nitrogens with one attached hydrogen (secondary N) is 1. The van der Waals surface area contributed by atoms with Crippen molar-refractivity contribution in [3.63, 3.8) is 0 Å². The lowest BCUT2D eigenvalue weighted by Gasteiger charge is -2.12. The Morgan fingerprint density at radius 2 is 2.29 bits per heavy atom. The van der Waals surface area contributed by atoms with E-state index in [9.17, 15) is 9.59 Å². The number of rotatable bonds is 3. The highest BCUT2D eigenvalue weighted by molar-refractivity contribution is 5.85. The van der Waals surface area contributed by atoms with Gasteiger partial charge in [0.1, 0.15) is 5.78 Å². The van der Waals surface area contributed by atoms with Gasteiger partial charge >= 0.3 is 6.03 Å². The number of nitrogens with zero attached hydrogens (tertiary/aromatic N) is 1. The number of aryl methyl sites for hydroxylation is 1. The molecule has 0 bridgehead atoms. The molecule has 1 aliphatic heterocycles. The van der Waals surface area contributed by atoms with E-state index in [0.29, 0.717) is 6.54 Å². The van der Waals surface area contributed by atoms with E-state index in [2.05, 4.69) is 11.4 Å². The van der Waals surface area contributed by atoms with Crippen molar-refractivity contribution in [2.75, 3.05) is 13.1 Å². The topological polar surface area (TPSA) is 49.4 Å². The SMILES string of the molecule is CC(=O)CN1CC(c2cccc(C)c2)NC1=O. The molecule has 1 aromatic rings. The summed E-state index contributed by atoms with van der Waals surface area (Å²) < 4.78 is 0. The predicted molar refractivity (Wildman–Crippen MR) is 64.7 cm³/mol. The highest BCUT2D eigenvalue weighted by Crippen LogP contribution is 2.20. The van der Waals surface area contributed by atoms with Crippen LogP contribution < -0.4 is 5.32 Å². The second-order valence-electron chi connectivity index (χ2n) is 4.50. The average Bonchev–Trinajstić information content (AvgIpc) is 2.59. The summed E-state index contributed by atoms with van der Waals surface area (Å²) in [5.41, 5.74) is 2.26. The number of hydrogen-bond donors (Lipinski definition) is 1. The van der Waals surface area contributed by atoms with Crippen LogP contribution in [0.5, 0.6) is 0 Å². The average molecular weight is 232 g/mol. The van der Waals surface area contributed by atoms with E-state index in [4.69, 9.17) is 0 Å². The molecular formula is C13H16N2O2. The first-order valence-electron chi connectivity index (χ1n) is 5.67. The molecule has 0 saturated carbocycles. The van der Waals surface area contributed by atoms with E-state index in [1.165, 1.54) is 12.5 Å². The van der Waals surface area contributed by atoms with Crippen molar-refractivity contribution in [1.82, 2.24) is 10.2 Å². The largest absolute Gasteiger partial charge is 0.329 e. The monoisotopic (exact) mass is 232 g/mol. The van der Waals surface area contributed by atoms with Gasteiger partial charge in [-0.3, -0.25) is 4.79 Å². The minimum atomic E-state index is -0.160. The third-order valence-corrected chi connectivity index (χ3v) is 2.85. The maximum absolute atomic E-state index is 11.6. The molecule has 1 unspecified atom stereocenters. The number of amides is 2. The maximum Gasteiger partial charge on any atom is 0.318 e. The van der Waals surface area contributed by atoms with Gasteiger partial charge in [0.15, 0.2) is 0 Å². The molecule has 1 fully saturated rings. The Hall–Kier alpha value is -1.84. The summed E-state index contributed by atoms with van der Waals surface area (Å²) in [7, 11) is 0. The normalized spacial score (nSPS) is 19.3. The molecule has 1 aromatic carbocycles. The van der Waals surface area contributed by atoms with Gasteiger partial charge < -0.3 is 10.2 Å². The Bertz CT molecular complexity index is 456. The van der Waals surface area contributed by atoms with Crippen LogP contribution in [0.1, 0.15) is 24.1 Å². The van der Waals surface area contributed by atoms with Crippen LogP contribution in [0, 0.1) is 6.92 Å². The van der Waals surface area contributed by atoms with Crippen molar-refractivity contribution in [1.29, 1.82) is 0 Å². The molecule has 4 heteroatoms. The number of benzene rings is 1. The Balaban J connectivity index is 2.11. The number of carbonyl (C=O) groups excluding carboxylic acids is 2. The molecule has 17 heavy (non-hydrogen) atoms. The van der Waals surface area contributed by atoms with Crippen LogP contribution in [-0.4, -0.2) is 29.8 Å². The molecule has 1 saturated heterocycles. The third-order valence-electron chi connectivity index (χ3n) is 2.85. The maximum atomic E-state index is 11.6. The van der Waals surface area contributed by atoms with Gasteiger partial charge in [0, 0.05) is 6.54 Å². The van der Waals surface area contributed by atoms with Crippen LogP contribution in [0.4, 0.5) is 4.79 Å². The molecule has 2 rings (SSSR count). The molecular weight excluding hydrogens is 216 g/mol. The van der Waals surface area contributed by atoms with Crippen molar-refractivity contribution in [3.8, 4) is 0 Å². The summed E-state index contributed by atoms with van der Waals surface area (Å²) >= 11 is 0. The van der Waals surface area contributed by atoms with Crippen molar-refractivity contribution in [2.24, 2.45) is 0 Å². The molecule has 1 aliphatic rings. The van der Waals surface area contributed by atoms with Gasteiger partial charge in [-0.25, -0.2) is 4.79 Å². The summed E-state index contributed by atoms with van der Waals surface area (Å²) in [6.45, 7) is 4.26. The van der Waals surface area contributed by atoms with Gasteiger partial charge in [0.25, 0.3) is 0 Å². The molecule has 90 valence electrons. The van der Waals surface area contributed by atoms with Crippen LogP contribution in [0.2, 0.25) is 0 Å². The minimum Gasteiger partial charge on any atom is -0.329 e. The molecule has 0 aliphatic carbocycles. The van der Waals surface area contributed by atoms with Crippen LogP contribution in [0.25, 0.3) is 0 Å². The van der Waals surface area contributed by atoms with Crippen molar-refractivity contribution < 1.29 is 9.59 Å². The number of Topliss-reactive ketones (excluding diaryl/α,β-unsaturated/α-hetero) is 1. The van der Waals surface area contributed by atoms with Gasteiger partial charge in [-0.15, -0.1) is 0 Å². The predicted octanol–water partition coefficient (Wildman–Crippen LogP) is 1.65. The van der Waals surface area contributed by atoms with Crippen LogP contribution in [-0.2, 0) is 4.79 Å². The number of carbonyl (C=O) groups is 2. The smallest absolute Gasteiger partial charge is 0.318 e. The van der Waals surface area contributed by atoms with Crippen LogP contribution in [0.3, 0.4) is 0 Å². The lowest BCUT2D eigenvalue weighted by Crippen LogP contribution is -2.32. The summed E-state index contributed by atoms with van der Waals surface area (Å²) in [4.78, 5) is 24.2. The quantitative estimate of drug-likeness (QED) is 0.861. The first-order chi connectivity index (χ1) is 8.06. The summed E-state index contributed by atoms with van der Waals surface area (Å²) in [5, 5.41) is 2.89. The molecule has 1 N–H and O–H groups in total. The van der Waals surface area contributed by atoms with E-state index in [1.54, 1.807) is 4.90 Å². The third kappa shape index (κ3) is 2.64. The highest BCUT2D eigenvalue weighted by atomic mass is 16.2. The molecule has 2 amide bonds. The van der Waals surface area contributed by atoms with E-state index in [-0.39, 0.29) is 24.4 Å². The Morgan fingerprint density at radius 1 is 1.53 bits per heavy atom. The zero-order chi connectivity index (χ0) is 12.4. The van der Waals surface area contributed by atoms with E-state index in [0.717, 1.165) is 5.56 Å². The number of hydrogen-bond acceptors (Lipinski definition) is 2. The van der Waals surface area contributed by atoms with Gasteiger partial charge in [0.2, 0.25) is 0 Å². The van der Waals surface area contributed by atoms with Gasteiger partial charge in [0.05, 0.1) is 12.6 Å². The molecule has 0 radical (unpaired) electrons. The number of urea groups is 1. The fourth-order valence-corrected chi connectivity index (χ4v) is 2.07. The minimum absolute atomic E-state index is 0.00467. The summed E-state index contributed by atoms with van der Waals surface area (Å²) in [6.07, 6.45) is 0. The van der Waals surface area contributed by atoms with Crippen molar-refractivity contribution in [2.45, 2.75) is 19.9 Å². The lowest BCUT2D eigenvalue weighted by atomic mass is 10.1. The fourth-order valence-electron chi connectivity index (χ4n) is 2.07. The van der Waals surface area contributed by atoms with Gasteiger partial charge in [-0.2, -0.15) is 0 Å². The van der Waals surface area contributed by atoms with Gasteiger partial charge in [-0.05, 0) is 19.4 Å². The lowest BCUT2D eigenvalue weighted by molar-refractivity contribution is -0.117. The highest BCUT2D eigenvalue weighted by Gasteiger charge is 2.30. The zero-order valence-corrected chi connectivity index (χ0v) is 10.1. The first-order valence-corrected chi connectivity index (χ1v) is 5.67. The van der Waals surface area contributed by atoms with Crippen LogP contribution >= 0.6 is 0 Å². The number of ketones is 1. The fraction of sp³-hybridized carbons (Fsp3) is 0.385. The Kier molecular flexibility index (Phi) is 3.13. The molecule has 1 atom stereocenters. The summed E-state index contributed by atoms with van der Waals surface area (Å²) in [5.74, 6) is 0.00467. The Morgan fingerprint density at radius 3 is 2.94 bits per heavy atom.